The van der Waals surface area contributed by atoms with Gasteiger partial charge in [0.25, 0.3) is 0 Å². The zero-order valence-electron chi connectivity index (χ0n) is 9.39. The van der Waals surface area contributed by atoms with Gasteiger partial charge in [0.1, 0.15) is 0 Å². The summed E-state index contributed by atoms with van der Waals surface area (Å²) in [5.74, 6) is 0. The van der Waals surface area contributed by atoms with Crippen LogP contribution >= 0.6 is 0 Å². The van der Waals surface area contributed by atoms with Crippen LogP contribution in [0.2, 0.25) is 0 Å². The maximum atomic E-state index is 5.76. The molecule has 0 amide bonds. The van der Waals surface area contributed by atoms with Crippen LogP contribution in [0.4, 0.5) is 0 Å². The van der Waals surface area contributed by atoms with E-state index >= 15 is 0 Å². The highest BCUT2D eigenvalue weighted by Gasteiger charge is 2.23. The predicted octanol–water partition coefficient (Wildman–Crippen LogP) is 1.86. The van der Waals surface area contributed by atoms with E-state index in [1.807, 2.05) is 12.3 Å². The van der Waals surface area contributed by atoms with Crippen molar-refractivity contribution in [2.24, 2.45) is 0 Å². The fraction of sp³-hybridized carbons (Fsp3) is 0.583. The summed E-state index contributed by atoms with van der Waals surface area (Å²) >= 11 is 0. The number of morpholine rings is 1. The molecule has 1 fully saturated rings. The molecule has 0 bridgehead atoms. The van der Waals surface area contributed by atoms with Crippen molar-refractivity contribution in [2.45, 2.75) is 26.0 Å². The molecule has 1 saturated heterocycles. The Morgan fingerprint density at radius 2 is 2.40 bits per heavy atom. The fourth-order valence-corrected chi connectivity index (χ4v) is 1.91. The normalized spacial score (nSPS) is 23.3. The molecule has 0 aliphatic carbocycles. The van der Waals surface area contributed by atoms with Crippen molar-refractivity contribution >= 4 is 0 Å². The molecule has 0 radical (unpaired) electrons. The van der Waals surface area contributed by atoms with Gasteiger partial charge in [0, 0.05) is 37.1 Å². The molecule has 0 aromatic carbocycles. The van der Waals surface area contributed by atoms with E-state index in [4.69, 9.17) is 4.74 Å². The highest BCUT2D eigenvalue weighted by Crippen LogP contribution is 2.22. The summed E-state index contributed by atoms with van der Waals surface area (Å²) in [6.45, 7) is 7.28. The SMILES string of the molecule is CC(C)N1CCOC(c2cccnc2)C1. The van der Waals surface area contributed by atoms with Crippen molar-refractivity contribution in [3.63, 3.8) is 0 Å². The monoisotopic (exact) mass is 206 g/mol. The third kappa shape index (κ3) is 2.55. The highest BCUT2D eigenvalue weighted by molar-refractivity contribution is 5.13. The summed E-state index contributed by atoms with van der Waals surface area (Å²) in [5, 5.41) is 0. The van der Waals surface area contributed by atoms with Crippen molar-refractivity contribution in [2.75, 3.05) is 19.7 Å². The van der Waals surface area contributed by atoms with E-state index in [-0.39, 0.29) is 6.10 Å². The number of hydrogen-bond donors (Lipinski definition) is 0. The second-order valence-corrected chi connectivity index (χ2v) is 4.23. The van der Waals surface area contributed by atoms with Crippen molar-refractivity contribution in [3.8, 4) is 0 Å². The van der Waals surface area contributed by atoms with Crippen molar-refractivity contribution in [1.29, 1.82) is 0 Å². The van der Waals surface area contributed by atoms with Gasteiger partial charge in [-0.2, -0.15) is 0 Å². The molecular formula is C12H18N2O. The van der Waals surface area contributed by atoms with Crippen LogP contribution in [-0.2, 0) is 4.74 Å². The van der Waals surface area contributed by atoms with E-state index in [1.165, 1.54) is 5.56 Å². The lowest BCUT2D eigenvalue weighted by Crippen LogP contribution is -2.42. The summed E-state index contributed by atoms with van der Waals surface area (Å²) in [5.41, 5.74) is 1.18. The Bertz CT molecular complexity index is 300. The van der Waals surface area contributed by atoms with Crippen LogP contribution in [0.1, 0.15) is 25.5 Å². The van der Waals surface area contributed by atoms with Gasteiger partial charge in [0.2, 0.25) is 0 Å². The van der Waals surface area contributed by atoms with Crippen molar-refractivity contribution in [3.05, 3.63) is 30.1 Å². The number of ether oxygens (including phenoxy) is 1. The largest absolute Gasteiger partial charge is 0.371 e. The molecular weight excluding hydrogens is 188 g/mol. The smallest absolute Gasteiger partial charge is 0.0967 e. The minimum absolute atomic E-state index is 0.190. The van der Waals surface area contributed by atoms with E-state index in [1.54, 1.807) is 6.20 Å². The van der Waals surface area contributed by atoms with Gasteiger partial charge in [0.05, 0.1) is 12.7 Å². The Labute approximate surface area is 91.1 Å². The van der Waals surface area contributed by atoms with Gasteiger partial charge in [0.15, 0.2) is 0 Å². The van der Waals surface area contributed by atoms with Crippen molar-refractivity contribution < 1.29 is 4.74 Å². The third-order valence-corrected chi connectivity index (χ3v) is 2.88. The molecule has 1 aromatic heterocycles. The Balaban J connectivity index is 2.05. The molecule has 3 heteroatoms. The second-order valence-electron chi connectivity index (χ2n) is 4.23. The molecule has 1 unspecified atom stereocenters. The summed E-state index contributed by atoms with van der Waals surface area (Å²) in [6.07, 6.45) is 3.89. The standard InChI is InChI=1S/C12H18N2O/c1-10(2)14-6-7-15-12(9-14)11-4-3-5-13-8-11/h3-5,8,10,12H,6-7,9H2,1-2H3. The molecule has 1 aliphatic rings. The molecule has 3 nitrogen and oxygen atoms in total. The first-order chi connectivity index (χ1) is 7.27. The molecule has 82 valence electrons. The lowest BCUT2D eigenvalue weighted by atomic mass is 10.1. The summed E-state index contributed by atoms with van der Waals surface area (Å²) in [6, 6.07) is 4.64. The summed E-state index contributed by atoms with van der Waals surface area (Å²) in [7, 11) is 0. The number of aromatic nitrogens is 1. The Morgan fingerprint density at radius 3 is 3.07 bits per heavy atom. The van der Waals surface area contributed by atoms with E-state index in [0.717, 1.165) is 19.7 Å². The molecule has 1 aliphatic heterocycles. The fourth-order valence-electron chi connectivity index (χ4n) is 1.91. The van der Waals surface area contributed by atoms with Gasteiger partial charge in [-0.1, -0.05) is 6.07 Å². The quantitative estimate of drug-likeness (QED) is 0.738. The van der Waals surface area contributed by atoms with E-state index in [2.05, 4.69) is 29.8 Å². The third-order valence-electron chi connectivity index (χ3n) is 2.88. The molecule has 0 saturated carbocycles. The van der Waals surface area contributed by atoms with Crippen LogP contribution in [-0.4, -0.2) is 35.6 Å². The molecule has 0 spiro atoms. The minimum Gasteiger partial charge on any atom is -0.371 e. The lowest BCUT2D eigenvalue weighted by Gasteiger charge is -2.35. The van der Waals surface area contributed by atoms with Gasteiger partial charge in [-0.3, -0.25) is 9.88 Å². The van der Waals surface area contributed by atoms with Crippen molar-refractivity contribution in [1.82, 2.24) is 9.88 Å². The molecule has 15 heavy (non-hydrogen) atoms. The maximum Gasteiger partial charge on any atom is 0.0967 e. The Hall–Kier alpha value is -0.930. The highest BCUT2D eigenvalue weighted by atomic mass is 16.5. The Morgan fingerprint density at radius 1 is 1.53 bits per heavy atom. The summed E-state index contributed by atoms with van der Waals surface area (Å²) < 4.78 is 5.76. The van der Waals surface area contributed by atoms with Gasteiger partial charge in [-0.05, 0) is 19.9 Å². The Kier molecular flexibility index (Phi) is 3.34. The average molecular weight is 206 g/mol. The van der Waals surface area contributed by atoms with Crippen LogP contribution in [0.5, 0.6) is 0 Å². The number of rotatable bonds is 2. The van der Waals surface area contributed by atoms with Gasteiger partial charge < -0.3 is 4.74 Å². The minimum atomic E-state index is 0.190. The van der Waals surface area contributed by atoms with Crippen LogP contribution in [0.25, 0.3) is 0 Å². The molecule has 2 rings (SSSR count). The van der Waals surface area contributed by atoms with Crippen LogP contribution in [0.15, 0.2) is 24.5 Å². The van der Waals surface area contributed by atoms with Crippen LogP contribution < -0.4 is 0 Å². The number of hydrogen-bond acceptors (Lipinski definition) is 3. The molecule has 2 heterocycles. The molecule has 0 N–H and O–H groups in total. The second kappa shape index (κ2) is 4.73. The first-order valence-electron chi connectivity index (χ1n) is 5.53. The van der Waals surface area contributed by atoms with E-state index in [0.29, 0.717) is 6.04 Å². The lowest BCUT2D eigenvalue weighted by molar-refractivity contribution is -0.0403. The number of pyridine rings is 1. The predicted molar refractivity (Wildman–Crippen MR) is 59.6 cm³/mol. The van der Waals surface area contributed by atoms with Gasteiger partial charge in [-0.15, -0.1) is 0 Å². The topological polar surface area (TPSA) is 25.4 Å². The van der Waals surface area contributed by atoms with Gasteiger partial charge >= 0.3 is 0 Å². The zero-order chi connectivity index (χ0) is 10.7. The zero-order valence-corrected chi connectivity index (χ0v) is 9.39. The average Bonchev–Trinajstić information content (AvgIpc) is 2.30. The van der Waals surface area contributed by atoms with E-state index in [9.17, 15) is 0 Å². The van der Waals surface area contributed by atoms with Gasteiger partial charge in [-0.25, -0.2) is 0 Å². The number of nitrogens with zero attached hydrogens (tertiary/aromatic N) is 2. The molecule has 1 aromatic rings. The molecule has 1 atom stereocenters. The maximum absolute atomic E-state index is 5.76. The van der Waals surface area contributed by atoms with E-state index < -0.39 is 0 Å². The first kappa shape index (κ1) is 10.6. The van der Waals surface area contributed by atoms with Crippen LogP contribution in [0, 0.1) is 0 Å². The first-order valence-corrected chi connectivity index (χ1v) is 5.53. The summed E-state index contributed by atoms with van der Waals surface area (Å²) in [4.78, 5) is 6.58. The van der Waals surface area contributed by atoms with Crippen LogP contribution in [0.3, 0.4) is 0 Å².